The monoisotopic (exact) mass is 280 g/mol. The highest BCUT2D eigenvalue weighted by molar-refractivity contribution is 5.77. The molecule has 5 nitrogen and oxygen atoms in total. The largest absolute Gasteiger partial charge is 0.352 e. The number of carbonyl (C=O) groups is 1. The van der Waals surface area contributed by atoms with Gasteiger partial charge in [0.1, 0.15) is 0 Å². The summed E-state index contributed by atoms with van der Waals surface area (Å²) >= 11 is 0. The van der Waals surface area contributed by atoms with Crippen molar-refractivity contribution in [2.75, 3.05) is 26.3 Å². The van der Waals surface area contributed by atoms with E-state index < -0.39 is 0 Å². The normalized spacial score (nSPS) is 10.8. The van der Waals surface area contributed by atoms with Crippen LogP contribution in [-0.2, 0) is 20.8 Å². The fraction of sp³-hybridized carbons (Fsp3) is 0.533. The lowest BCUT2D eigenvalue weighted by molar-refractivity contribution is -0.134. The fourth-order valence-electron chi connectivity index (χ4n) is 1.70. The van der Waals surface area contributed by atoms with Gasteiger partial charge in [0.05, 0.1) is 6.54 Å². The molecular formula is C15H24N2O3. The molecule has 0 saturated carbocycles. The van der Waals surface area contributed by atoms with E-state index in [4.69, 9.17) is 9.47 Å². The number of benzene rings is 1. The van der Waals surface area contributed by atoms with Gasteiger partial charge in [0.15, 0.2) is 6.29 Å². The molecule has 20 heavy (non-hydrogen) atoms. The van der Waals surface area contributed by atoms with Crippen molar-refractivity contribution >= 4 is 5.91 Å². The molecule has 1 amide bonds. The first-order chi connectivity index (χ1) is 9.76. The van der Waals surface area contributed by atoms with Crippen LogP contribution in [-0.4, -0.2) is 38.5 Å². The highest BCUT2D eigenvalue weighted by Gasteiger charge is 2.08. The van der Waals surface area contributed by atoms with E-state index in [1.165, 1.54) is 0 Å². The molecule has 1 aromatic carbocycles. The summed E-state index contributed by atoms with van der Waals surface area (Å²) in [5, 5.41) is 5.88. The topological polar surface area (TPSA) is 59.6 Å². The van der Waals surface area contributed by atoms with Crippen LogP contribution in [0, 0.1) is 0 Å². The summed E-state index contributed by atoms with van der Waals surface area (Å²) in [5.74, 6) is -0.0411. The van der Waals surface area contributed by atoms with Gasteiger partial charge < -0.3 is 20.1 Å². The van der Waals surface area contributed by atoms with E-state index in [0.29, 0.717) is 26.3 Å². The Kier molecular flexibility index (Phi) is 8.62. The fourth-order valence-corrected chi connectivity index (χ4v) is 1.70. The van der Waals surface area contributed by atoms with Crippen LogP contribution in [0.1, 0.15) is 19.4 Å². The van der Waals surface area contributed by atoms with Crippen LogP contribution in [0.2, 0.25) is 0 Å². The molecule has 0 heterocycles. The van der Waals surface area contributed by atoms with Crippen molar-refractivity contribution in [3.8, 4) is 0 Å². The highest BCUT2D eigenvalue weighted by atomic mass is 16.7. The molecule has 112 valence electrons. The maximum Gasteiger partial charge on any atom is 0.234 e. The van der Waals surface area contributed by atoms with E-state index in [1.54, 1.807) is 0 Å². The van der Waals surface area contributed by atoms with E-state index >= 15 is 0 Å². The zero-order chi connectivity index (χ0) is 14.6. The minimum absolute atomic E-state index is 0.0411. The van der Waals surface area contributed by atoms with Crippen LogP contribution in [0.4, 0.5) is 0 Å². The molecular weight excluding hydrogens is 256 g/mol. The summed E-state index contributed by atoms with van der Waals surface area (Å²) in [6, 6.07) is 9.82. The van der Waals surface area contributed by atoms with Gasteiger partial charge in [-0.3, -0.25) is 4.79 Å². The van der Waals surface area contributed by atoms with Crippen LogP contribution in [0.25, 0.3) is 0 Å². The van der Waals surface area contributed by atoms with Gasteiger partial charge >= 0.3 is 0 Å². The maximum absolute atomic E-state index is 11.7. The van der Waals surface area contributed by atoms with Crippen LogP contribution in [0.15, 0.2) is 30.3 Å². The molecule has 0 aliphatic carbocycles. The average molecular weight is 280 g/mol. The van der Waals surface area contributed by atoms with Gasteiger partial charge in [-0.25, -0.2) is 0 Å². The smallest absolute Gasteiger partial charge is 0.234 e. The van der Waals surface area contributed by atoms with Crippen molar-refractivity contribution < 1.29 is 14.3 Å². The van der Waals surface area contributed by atoms with E-state index in [0.717, 1.165) is 5.56 Å². The third-order valence-corrected chi connectivity index (χ3v) is 2.63. The Morgan fingerprint density at radius 1 is 1.15 bits per heavy atom. The molecule has 0 unspecified atom stereocenters. The quantitative estimate of drug-likeness (QED) is 0.634. The van der Waals surface area contributed by atoms with Crippen LogP contribution in [0.3, 0.4) is 0 Å². The third kappa shape index (κ3) is 7.23. The second-order valence-electron chi connectivity index (χ2n) is 4.23. The Morgan fingerprint density at radius 2 is 1.80 bits per heavy atom. The molecule has 0 spiro atoms. The van der Waals surface area contributed by atoms with Crippen LogP contribution >= 0.6 is 0 Å². The molecule has 2 N–H and O–H groups in total. The Morgan fingerprint density at radius 3 is 2.40 bits per heavy atom. The van der Waals surface area contributed by atoms with Crippen LogP contribution < -0.4 is 10.6 Å². The van der Waals surface area contributed by atoms with Gasteiger partial charge in [-0.2, -0.15) is 0 Å². The molecule has 5 heteroatoms. The standard InChI is InChI=1S/C15H24N2O3/c1-3-19-15(20-4-2)12-16-11-14(18)17-10-13-8-6-5-7-9-13/h5-9,15-16H,3-4,10-12H2,1-2H3,(H,17,18). The first kappa shape index (κ1) is 16.6. The number of hydrogen-bond donors (Lipinski definition) is 2. The van der Waals surface area contributed by atoms with Gasteiger partial charge in [0.2, 0.25) is 5.91 Å². The van der Waals surface area contributed by atoms with Crippen molar-refractivity contribution in [1.82, 2.24) is 10.6 Å². The second-order valence-corrected chi connectivity index (χ2v) is 4.23. The third-order valence-electron chi connectivity index (χ3n) is 2.63. The van der Waals surface area contributed by atoms with Gasteiger partial charge in [0, 0.05) is 26.3 Å². The number of rotatable bonds is 10. The molecule has 0 aliphatic rings. The zero-order valence-electron chi connectivity index (χ0n) is 12.2. The maximum atomic E-state index is 11.7. The first-order valence-electron chi connectivity index (χ1n) is 7.00. The minimum Gasteiger partial charge on any atom is -0.352 e. The second kappa shape index (κ2) is 10.4. The summed E-state index contributed by atoms with van der Waals surface area (Å²) < 4.78 is 10.8. The Bertz CT molecular complexity index is 365. The molecule has 0 aromatic heterocycles. The predicted octanol–water partition coefficient (Wildman–Crippen LogP) is 1.29. The van der Waals surface area contributed by atoms with E-state index in [1.807, 2.05) is 44.2 Å². The molecule has 0 fully saturated rings. The van der Waals surface area contributed by atoms with Gasteiger partial charge in [-0.05, 0) is 19.4 Å². The van der Waals surface area contributed by atoms with Gasteiger partial charge in [-0.15, -0.1) is 0 Å². The molecule has 0 saturated heterocycles. The molecule has 0 bridgehead atoms. The number of amides is 1. The van der Waals surface area contributed by atoms with Crippen molar-refractivity contribution in [3.05, 3.63) is 35.9 Å². The summed E-state index contributed by atoms with van der Waals surface area (Å²) in [4.78, 5) is 11.7. The van der Waals surface area contributed by atoms with Crippen molar-refractivity contribution in [1.29, 1.82) is 0 Å². The summed E-state index contributed by atoms with van der Waals surface area (Å²) in [6.45, 7) is 6.31. The van der Waals surface area contributed by atoms with Crippen LogP contribution in [0.5, 0.6) is 0 Å². The molecule has 1 rings (SSSR count). The molecule has 0 aliphatic heterocycles. The predicted molar refractivity (Wildman–Crippen MR) is 78.2 cm³/mol. The molecule has 0 radical (unpaired) electrons. The summed E-state index contributed by atoms with van der Waals surface area (Å²) in [6.07, 6.45) is -0.299. The number of nitrogens with one attached hydrogen (secondary N) is 2. The van der Waals surface area contributed by atoms with Gasteiger partial charge in [-0.1, -0.05) is 30.3 Å². The Balaban J connectivity index is 2.16. The Labute approximate surface area is 120 Å². The number of hydrogen-bond acceptors (Lipinski definition) is 4. The van der Waals surface area contributed by atoms with E-state index in [2.05, 4.69) is 10.6 Å². The Hall–Kier alpha value is -1.43. The van der Waals surface area contributed by atoms with Crippen molar-refractivity contribution in [2.24, 2.45) is 0 Å². The van der Waals surface area contributed by atoms with E-state index in [9.17, 15) is 4.79 Å². The lowest BCUT2D eigenvalue weighted by atomic mass is 10.2. The summed E-state index contributed by atoms with van der Waals surface area (Å²) in [5.41, 5.74) is 1.09. The highest BCUT2D eigenvalue weighted by Crippen LogP contribution is 1.97. The first-order valence-corrected chi connectivity index (χ1v) is 7.00. The number of carbonyl (C=O) groups excluding carboxylic acids is 1. The lowest BCUT2D eigenvalue weighted by Crippen LogP contribution is -2.38. The van der Waals surface area contributed by atoms with Crippen molar-refractivity contribution in [2.45, 2.75) is 26.7 Å². The SMILES string of the molecule is CCOC(CNCC(=O)NCc1ccccc1)OCC. The van der Waals surface area contributed by atoms with E-state index in [-0.39, 0.29) is 18.7 Å². The summed E-state index contributed by atoms with van der Waals surface area (Å²) in [7, 11) is 0. The lowest BCUT2D eigenvalue weighted by Gasteiger charge is -2.17. The van der Waals surface area contributed by atoms with Crippen molar-refractivity contribution in [3.63, 3.8) is 0 Å². The molecule has 1 aromatic rings. The average Bonchev–Trinajstić information content (AvgIpc) is 2.47. The minimum atomic E-state index is -0.299. The number of ether oxygens (including phenoxy) is 2. The van der Waals surface area contributed by atoms with Gasteiger partial charge in [0.25, 0.3) is 0 Å². The molecule has 0 atom stereocenters. The zero-order valence-corrected chi connectivity index (χ0v) is 12.2.